The highest BCUT2D eigenvalue weighted by Crippen LogP contribution is 2.20. The number of carbonyl (C=O) groups excluding carboxylic acids is 2. The molecule has 1 fully saturated rings. The molecule has 4 aromatic rings. The predicted molar refractivity (Wildman–Crippen MR) is 118 cm³/mol. The lowest BCUT2D eigenvalue weighted by Gasteiger charge is -2.35. The van der Waals surface area contributed by atoms with E-state index in [1.54, 1.807) is 0 Å². The van der Waals surface area contributed by atoms with Crippen LogP contribution < -0.4 is 0 Å². The van der Waals surface area contributed by atoms with Crippen molar-refractivity contribution in [3.05, 3.63) is 84.1 Å². The SMILES string of the molecule is O=C(Cc1c[nH]c2ccccc12)N1CCN(C(=O)c2ccc3ccccc3c2)CC1. The number of hydrogen-bond donors (Lipinski definition) is 1. The van der Waals surface area contributed by atoms with Crippen LogP contribution in [0.3, 0.4) is 0 Å². The van der Waals surface area contributed by atoms with Gasteiger partial charge in [-0.15, -0.1) is 0 Å². The zero-order valence-corrected chi connectivity index (χ0v) is 16.7. The van der Waals surface area contributed by atoms with Gasteiger partial charge in [-0.2, -0.15) is 0 Å². The molecule has 150 valence electrons. The smallest absolute Gasteiger partial charge is 0.253 e. The molecule has 1 aliphatic heterocycles. The average molecular weight is 397 g/mol. The van der Waals surface area contributed by atoms with Gasteiger partial charge in [0, 0.05) is 48.8 Å². The third-order valence-corrected chi connectivity index (χ3v) is 5.93. The number of hydrogen-bond acceptors (Lipinski definition) is 2. The second kappa shape index (κ2) is 7.67. The molecule has 3 aromatic carbocycles. The van der Waals surface area contributed by atoms with Crippen LogP contribution >= 0.6 is 0 Å². The fourth-order valence-corrected chi connectivity index (χ4v) is 4.22. The molecule has 1 saturated heterocycles. The van der Waals surface area contributed by atoms with E-state index in [1.807, 2.05) is 82.7 Å². The molecule has 2 amide bonds. The van der Waals surface area contributed by atoms with Crippen LogP contribution in [0.25, 0.3) is 21.7 Å². The fourth-order valence-electron chi connectivity index (χ4n) is 4.22. The van der Waals surface area contributed by atoms with Crippen LogP contribution in [0.2, 0.25) is 0 Å². The van der Waals surface area contributed by atoms with Crippen molar-refractivity contribution in [1.82, 2.24) is 14.8 Å². The van der Waals surface area contributed by atoms with Crippen molar-refractivity contribution in [3.8, 4) is 0 Å². The third kappa shape index (κ3) is 3.43. The van der Waals surface area contributed by atoms with Crippen molar-refractivity contribution >= 4 is 33.5 Å². The number of para-hydroxylation sites is 1. The minimum Gasteiger partial charge on any atom is -0.361 e. The van der Waals surface area contributed by atoms with Crippen LogP contribution in [0.4, 0.5) is 0 Å². The van der Waals surface area contributed by atoms with Crippen molar-refractivity contribution in [2.24, 2.45) is 0 Å². The molecule has 2 heterocycles. The standard InChI is InChI=1S/C25H23N3O2/c29-24(16-21-17-26-23-8-4-3-7-22(21)23)27-11-13-28(14-12-27)25(30)20-10-9-18-5-1-2-6-19(18)15-20/h1-10,15,17,26H,11-14,16H2. The first-order chi connectivity index (χ1) is 14.7. The van der Waals surface area contributed by atoms with E-state index >= 15 is 0 Å². The first-order valence-electron chi connectivity index (χ1n) is 10.3. The Hall–Kier alpha value is -3.60. The molecule has 1 aliphatic rings. The number of rotatable bonds is 3. The number of H-pyrrole nitrogens is 1. The van der Waals surface area contributed by atoms with Gasteiger partial charge in [0.05, 0.1) is 6.42 Å². The highest BCUT2D eigenvalue weighted by atomic mass is 16.2. The molecule has 5 rings (SSSR count). The van der Waals surface area contributed by atoms with E-state index in [0.717, 1.165) is 27.2 Å². The molecule has 0 saturated carbocycles. The Morgan fingerprint density at radius 1 is 0.800 bits per heavy atom. The second-order valence-corrected chi connectivity index (χ2v) is 7.77. The largest absolute Gasteiger partial charge is 0.361 e. The molecule has 0 spiro atoms. The summed E-state index contributed by atoms with van der Waals surface area (Å²) < 4.78 is 0. The Labute approximate surface area is 174 Å². The fraction of sp³-hybridized carbons (Fsp3) is 0.200. The van der Waals surface area contributed by atoms with Gasteiger partial charge in [0.15, 0.2) is 0 Å². The summed E-state index contributed by atoms with van der Waals surface area (Å²) in [7, 11) is 0. The van der Waals surface area contributed by atoms with E-state index in [4.69, 9.17) is 0 Å². The van der Waals surface area contributed by atoms with Gasteiger partial charge in [-0.1, -0.05) is 48.5 Å². The maximum Gasteiger partial charge on any atom is 0.253 e. The minimum atomic E-state index is 0.0319. The second-order valence-electron chi connectivity index (χ2n) is 7.77. The van der Waals surface area contributed by atoms with Crippen molar-refractivity contribution in [3.63, 3.8) is 0 Å². The van der Waals surface area contributed by atoms with E-state index in [9.17, 15) is 9.59 Å². The number of aromatic amines is 1. The molecular weight excluding hydrogens is 374 g/mol. The third-order valence-electron chi connectivity index (χ3n) is 5.93. The first kappa shape index (κ1) is 18.4. The molecule has 0 atom stereocenters. The highest BCUT2D eigenvalue weighted by molar-refractivity contribution is 5.98. The van der Waals surface area contributed by atoms with E-state index < -0.39 is 0 Å². The van der Waals surface area contributed by atoms with Crippen molar-refractivity contribution in [2.75, 3.05) is 26.2 Å². The summed E-state index contributed by atoms with van der Waals surface area (Å²) in [6, 6.07) is 21.9. The summed E-state index contributed by atoms with van der Waals surface area (Å²) in [5.74, 6) is 0.141. The van der Waals surface area contributed by atoms with Crippen molar-refractivity contribution in [2.45, 2.75) is 6.42 Å². The van der Waals surface area contributed by atoms with Gasteiger partial charge in [0.1, 0.15) is 0 Å². The number of nitrogens with one attached hydrogen (secondary N) is 1. The predicted octanol–water partition coefficient (Wildman–Crippen LogP) is 3.85. The zero-order chi connectivity index (χ0) is 20.5. The molecular formula is C25H23N3O2. The van der Waals surface area contributed by atoms with Crippen LogP contribution in [0.1, 0.15) is 15.9 Å². The maximum absolute atomic E-state index is 12.9. The van der Waals surface area contributed by atoms with Crippen molar-refractivity contribution < 1.29 is 9.59 Å². The number of aromatic nitrogens is 1. The van der Waals surface area contributed by atoms with E-state index in [-0.39, 0.29) is 11.8 Å². The lowest BCUT2D eigenvalue weighted by molar-refractivity contribution is -0.131. The first-order valence-corrected chi connectivity index (χ1v) is 10.3. The Bertz CT molecular complexity index is 1240. The summed E-state index contributed by atoms with van der Waals surface area (Å²) in [4.78, 5) is 32.7. The number of benzene rings is 3. The van der Waals surface area contributed by atoms with E-state index in [1.165, 1.54) is 0 Å². The van der Waals surface area contributed by atoms with Gasteiger partial charge < -0.3 is 14.8 Å². The minimum absolute atomic E-state index is 0.0319. The summed E-state index contributed by atoms with van der Waals surface area (Å²) in [5, 5.41) is 3.29. The molecule has 5 heteroatoms. The Kier molecular flexibility index (Phi) is 4.71. The van der Waals surface area contributed by atoms with Crippen LogP contribution in [-0.2, 0) is 11.2 Å². The molecule has 0 radical (unpaired) electrons. The lowest BCUT2D eigenvalue weighted by atomic mass is 10.1. The van der Waals surface area contributed by atoms with Gasteiger partial charge in [0.25, 0.3) is 5.91 Å². The number of carbonyl (C=O) groups is 2. The van der Waals surface area contributed by atoms with Crippen LogP contribution in [0, 0.1) is 0 Å². The summed E-state index contributed by atoms with van der Waals surface area (Å²) >= 11 is 0. The van der Waals surface area contributed by atoms with Crippen LogP contribution in [0.15, 0.2) is 72.9 Å². The van der Waals surface area contributed by atoms with Crippen LogP contribution in [-0.4, -0.2) is 52.8 Å². The normalized spacial score (nSPS) is 14.4. The molecule has 5 nitrogen and oxygen atoms in total. The summed E-state index contributed by atoms with van der Waals surface area (Å²) in [6.07, 6.45) is 2.30. The Balaban J connectivity index is 1.23. The van der Waals surface area contributed by atoms with Gasteiger partial charge >= 0.3 is 0 Å². The molecule has 0 unspecified atom stereocenters. The number of amides is 2. The molecule has 0 aliphatic carbocycles. The van der Waals surface area contributed by atoms with Gasteiger partial charge in [-0.05, 0) is 34.5 Å². The maximum atomic E-state index is 12.9. The number of fused-ring (bicyclic) bond motifs is 2. The van der Waals surface area contributed by atoms with Crippen molar-refractivity contribution in [1.29, 1.82) is 0 Å². The molecule has 30 heavy (non-hydrogen) atoms. The zero-order valence-electron chi connectivity index (χ0n) is 16.7. The Morgan fingerprint density at radius 2 is 1.50 bits per heavy atom. The highest BCUT2D eigenvalue weighted by Gasteiger charge is 2.25. The molecule has 1 aromatic heterocycles. The molecule has 1 N–H and O–H groups in total. The lowest BCUT2D eigenvalue weighted by Crippen LogP contribution is -2.51. The quantitative estimate of drug-likeness (QED) is 0.571. The summed E-state index contributed by atoms with van der Waals surface area (Å²) in [5.41, 5.74) is 2.77. The molecule has 0 bridgehead atoms. The topological polar surface area (TPSA) is 56.4 Å². The number of piperazine rings is 1. The number of nitrogens with zero attached hydrogens (tertiary/aromatic N) is 2. The Morgan fingerprint density at radius 3 is 2.33 bits per heavy atom. The average Bonchev–Trinajstić information content (AvgIpc) is 3.21. The van der Waals surface area contributed by atoms with E-state index in [0.29, 0.717) is 38.2 Å². The monoisotopic (exact) mass is 397 g/mol. The van der Waals surface area contributed by atoms with Gasteiger partial charge in [-0.25, -0.2) is 0 Å². The van der Waals surface area contributed by atoms with E-state index in [2.05, 4.69) is 4.98 Å². The summed E-state index contributed by atoms with van der Waals surface area (Å²) in [6.45, 7) is 2.26. The van der Waals surface area contributed by atoms with Gasteiger partial charge in [0.2, 0.25) is 5.91 Å². The van der Waals surface area contributed by atoms with Gasteiger partial charge in [-0.3, -0.25) is 9.59 Å². The van der Waals surface area contributed by atoms with Crippen LogP contribution in [0.5, 0.6) is 0 Å².